The maximum atomic E-state index is 13.3. The van der Waals surface area contributed by atoms with E-state index < -0.39 is 17.7 Å². The second kappa shape index (κ2) is 8.08. The van der Waals surface area contributed by atoms with Crippen LogP contribution in [0.15, 0.2) is 18.2 Å². The summed E-state index contributed by atoms with van der Waals surface area (Å²) in [7, 11) is 0. The minimum absolute atomic E-state index is 0.0447. The molecule has 0 aliphatic heterocycles. The van der Waals surface area contributed by atoms with E-state index in [0.717, 1.165) is 6.07 Å². The smallest absolute Gasteiger partial charge is 0.416 e. The van der Waals surface area contributed by atoms with Gasteiger partial charge in [-0.3, -0.25) is 4.79 Å². The molecule has 140 valence electrons. The number of aliphatic carboxylic acids is 1. The zero-order valence-electron chi connectivity index (χ0n) is 14.4. The summed E-state index contributed by atoms with van der Waals surface area (Å²) in [6, 6.07) is 4.07. The Morgan fingerprint density at radius 3 is 2.44 bits per heavy atom. The Bertz CT molecular complexity index is 594. The summed E-state index contributed by atoms with van der Waals surface area (Å²) >= 11 is 0. The third-order valence-corrected chi connectivity index (χ3v) is 4.42. The lowest BCUT2D eigenvalue weighted by molar-refractivity contribution is -0.143. The van der Waals surface area contributed by atoms with Gasteiger partial charge in [-0.05, 0) is 57.2 Å². The zero-order chi connectivity index (χ0) is 18.6. The lowest BCUT2D eigenvalue weighted by atomic mass is 9.86. The van der Waals surface area contributed by atoms with E-state index in [-0.39, 0.29) is 35.9 Å². The van der Waals surface area contributed by atoms with Crippen LogP contribution in [0.2, 0.25) is 0 Å². The number of alkyl halides is 3. The van der Waals surface area contributed by atoms with E-state index in [2.05, 4.69) is 5.32 Å². The molecule has 1 saturated carbocycles. The molecule has 0 aromatic heterocycles. The number of hydrogen-bond acceptors (Lipinski definition) is 3. The second-order valence-corrected chi connectivity index (χ2v) is 6.75. The fourth-order valence-corrected chi connectivity index (χ4v) is 3.12. The Kier molecular flexibility index (Phi) is 6.32. The first-order chi connectivity index (χ1) is 11.7. The molecule has 2 rings (SSSR count). The molecule has 0 radical (unpaired) electrons. The van der Waals surface area contributed by atoms with Crippen LogP contribution in [-0.4, -0.2) is 23.2 Å². The molecule has 4 nitrogen and oxygen atoms in total. The number of rotatable bonds is 6. The van der Waals surface area contributed by atoms with Gasteiger partial charge in [0.05, 0.1) is 17.6 Å². The Morgan fingerprint density at radius 1 is 1.28 bits per heavy atom. The summed E-state index contributed by atoms with van der Waals surface area (Å²) in [6.07, 6.45) is -2.22. The molecule has 1 aliphatic carbocycles. The van der Waals surface area contributed by atoms with Crippen molar-refractivity contribution in [1.29, 1.82) is 0 Å². The van der Waals surface area contributed by atoms with Crippen LogP contribution in [0.3, 0.4) is 0 Å². The molecule has 7 heteroatoms. The van der Waals surface area contributed by atoms with Gasteiger partial charge in [0.15, 0.2) is 0 Å². The molecular formula is C18H24F3NO3. The lowest BCUT2D eigenvalue weighted by Crippen LogP contribution is -2.35. The highest BCUT2D eigenvalue weighted by molar-refractivity contribution is 5.70. The van der Waals surface area contributed by atoms with Crippen LogP contribution in [-0.2, 0) is 17.5 Å². The van der Waals surface area contributed by atoms with E-state index in [9.17, 15) is 18.0 Å². The quantitative estimate of drug-likeness (QED) is 0.798. The lowest BCUT2D eigenvalue weighted by Gasteiger charge is -2.27. The maximum Gasteiger partial charge on any atom is 0.416 e. The van der Waals surface area contributed by atoms with E-state index in [1.165, 1.54) is 6.07 Å². The standard InChI is InChI=1S/C18H24F3NO3/c1-11(2)25-15-8-5-13(16(9-15)18(19,20)21)10-22-14-6-3-12(4-7-14)17(23)24/h5,8-9,11-12,14,22H,3-4,6-7,10H2,1-2H3,(H,23,24). The van der Waals surface area contributed by atoms with Gasteiger partial charge in [0.25, 0.3) is 0 Å². The molecule has 1 fully saturated rings. The summed E-state index contributed by atoms with van der Waals surface area (Å²) in [5.74, 6) is -0.928. The third kappa shape index (κ3) is 5.63. The average molecular weight is 359 g/mol. The van der Waals surface area contributed by atoms with E-state index in [1.54, 1.807) is 19.9 Å². The van der Waals surface area contributed by atoms with Crippen molar-refractivity contribution < 1.29 is 27.8 Å². The number of benzene rings is 1. The van der Waals surface area contributed by atoms with Crippen LogP contribution in [0, 0.1) is 5.92 Å². The predicted molar refractivity (Wildman–Crippen MR) is 87.4 cm³/mol. The van der Waals surface area contributed by atoms with Gasteiger partial charge in [-0.25, -0.2) is 0 Å². The molecule has 0 bridgehead atoms. The molecule has 0 unspecified atom stereocenters. The van der Waals surface area contributed by atoms with Gasteiger partial charge < -0.3 is 15.2 Å². The number of carboxylic acid groups (broad SMARTS) is 1. The Morgan fingerprint density at radius 2 is 1.92 bits per heavy atom. The van der Waals surface area contributed by atoms with Crippen LogP contribution < -0.4 is 10.1 Å². The number of nitrogens with one attached hydrogen (secondary N) is 1. The molecule has 0 amide bonds. The molecule has 2 N–H and O–H groups in total. The average Bonchev–Trinajstić information content (AvgIpc) is 2.52. The first-order valence-electron chi connectivity index (χ1n) is 8.49. The fraction of sp³-hybridized carbons (Fsp3) is 0.611. The molecule has 0 atom stereocenters. The minimum Gasteiger partial charge on any atom is -0.491 e. The van der Waals surface area contributed by atoms with Crippen molar-refractivity contribution >= 4 is 5.97 Å². The van der Waals surface area contributed by atoms with E-state index >= 15 is 0 Å². The van der Waals surface area contributed by atoms with Crippen molar-refractivity contribution in [2.24, 2.45) is 5.92 Å². The molecular weight excluding hydrogens is 335 g/mol. The van der Waals surface area contributed by atoms with Crippen molar-refractivity contribution in [3.05, 3.63) is 29.3 Å². The number of carboxylic acids is 1. The predicted octanol–water partition coefficient (Wildman–Crippen LogP) is 4.23. The maximum absolute atomic E-state index is 13.3. The van der Waals surface area contributed by atoms with Crippen LogP contribution in [0.1, 0.15) is 50.7 Å². The Balaban J connectivity index is 2.02. The molecule has 0 saturated heterocycles. The molecule has 25 heavy (non-hydrogen) atoms. The summed E-state index contributed by atoms with van der Waals surface area (Å²) in [5.41, 5.74) is -0.527. The van der Waals surface area contributed by atoms with E-state index in [4.69, 9.17) is 9.84 Å². The summed E-state index contributed by atoms with van der Waals surface area (Å²) in [4.78, 5) is 10.9. The number of hydrogen-bond donors (Lipinski definition) is 2. The van der Waals surface area contributed by atoms with Gasteiger partial charge in [-0.15, -0.1) is 0 Å². The topological polar surface area (TPSA) is 58.6 Å². The van der Waals surface area contributed by atoms with Crippen molar-refractivity contribution in [1.82, 2.24) is 5.32 Å². The van der Waals surface area contributed by atoms with Gasteiger partial charge in [-0.2, -0.15) is 13.2 Å². The summed E-state index contributed by atoms with van der Waals surface area (Å²) in [6.45, 7) is 3.62. The molecule has 1 aromatic carbocycles. The Labute approximate surface area is 145 Å². The normalized spacial score (nSPS) is 21.4. The van der Waals surface area contributed by atoms with Gasteiger partial charge in [0.1, 0.15) is 5.75 Å². The van der Waals surface area contributed by atoms with Gasteiger partial charge in [-0.1, -0.05) is 6.07 Å². The SMILES string of the molecule is CC(C)Oc1ccc(CNC2CCC(C(=O)O)CC2)c(C(F)(F)F)c1. The van der Waals surface area contributed by atoms with Crippen LogP contribution >= 0.6 is 0 Å². The molecule has 1 aliphatic rings. The molecule has 0 spiro atoms. The summed E-state index contributed by atoms with van der Waals surface area (Å²) in [5, 5.41) is 12.1. The minimum atomic E-state index is -4.45. The van der Waals surface area contributed by atoms with Gasteiger partial charge in [0, 0.05) is 12.6 Å². The monoisotopic (exact) mass is 359 g/mol. The van der Waals surface area contributed by atoms with Crippen LogP contribution in [0.4, 0.5) is 13.2 Å². The highest BCUT2D eigenvalue weighted by Crippen LogP contribution is 2.35. The number of carbonyl (C=O) groups is 1. The van der Waals surface area contributed by atoms with E-state index in [0.29, 0.717) is 25.7 Å². The molecule has 0 heterocycles. The van der Waals surface area contributed by atoms with E-state index in [1.807, 2.05) is 0 Å². The Hall–Kier alpha value is -1.76. The van der Waals surface area contributed by atoms with Crippen LogP contribution in [0.5, 0.6) is 5.75 Å². The van der Waals surface area contributed by atoms with Crippen molar-refractivity contribution in [2.45, 2.75) is 64.4 Å². The largest absolute Gasteiger partial charge is 0.491 e. The van der Waals surface area contributed by atoms with Crippen LogP contribution in [0.25, 0.3) is 0 Å². The highest BCUT2D eigenvalue weighted by Gasteiger charge is 2.34. The van der Waals surface area contributed by atoms with Crippen molar-refractivity contribution in [3.63, 3.8) is 0 Å². The molecule has 1 aromatic rings. The third-order valence-electron chi connectivity index (χ3n) is 4.42. The van der Waals surface area contributed by atoms with Gasteiger partial charge in [0.2, 0.25) is 0 Å². The zero-order valence-corrected chi connectivity index (χ0v) is 14.4. The van der Waals surface area contributed by atoms with Gasteiger partial charge >= 0.3 is 12.1 Å². The number of ether oxygens (including phenoxy) is 1. The summed E-state index contributed by atoms with van der Waals surface area (Å²) < 4.78 is 45.3. The first-order valence-corrected chi connectivity index (χ1v) is 8.49. The second-order valence-electron chi connectivity index (χ2n) is 6.75. The van der Waals surface area contributed by atoms with Crippen molar-refractivity contribution in [2.75, 3.05) is 0 Å². The highest BCUT2D eigenvalue weighted by atomic mass is 19.4. The fourth-order valence-electron chi connectivity index (χ4n) is 3.12. The first kappa shape index (κ1) is 19.6. The number of halogens is 3. The van der Waals surface area contributed by atoms with Crippen molar-refractivity contribution in [3.8, 4) is 5.75 Å².